The Kier molecular flexibility index (Phi) is 5.95. The van der Waals surface area contributed by atoms with Crippen molar-refractivity contribution in [3.63, 3.8) is 0 Å². The molecule has 0 bridgehead atoms. The molecule has 1 aliphatic carbocycles. The number of carbonyl (C=O) groups is 1. The maximum absolute atomic E-state index is 13.0. The number of benzene rings is 1. The van der Waals surface area contributed by atoms with Gasteiger partial charge in [-0.3, -0.25) is 4.79 Å². The van der Waals surface area contributed by atoms with Crippen LogP contribution in [0.3, 0.4) is 0 Å². The fourth-order valence-electron chi connectivity index (χ4n) is 3.95. The van der Waals surface area contributed by atoms with Gasteiger partial charge < -0.3 is 18.9 Å². The number of rotatable bonds is 8. The zero-order valence-corrected chi connectivity index (χ0v) is 16.5. The molecule has 1 amide bonds. The Morgan fingerprint density at radius 1 is 1.32 bits per heavy atom. The summed E-state index contributed by atoms with van der Waals surface area (Å²) in [5.41, 5.74) is 1.15. The summed E-state index contributed by atoms with van der Waals surface area (Å²) in [5.74, 6) is 2.20. The second kappa shape index (κ2) is 8.78. The largest absolute Gasteiger partial charge is 0.497 e. The van der Waals surface area contributed by atoms with Crippen molar-refractivity contribution in [2.75, 3.05) is 20.3 Å². The molecule has 1 aromatic carbocycles. The molecule has 1 unspecified atom stereocenters. The lowest BCUT2D eigenvalue weighted by Crippen LogP contribution is -2.42. The highest BCUT2D eigenvalue weighted by atomic mass is 16.5. The molecule has 4 rings (SSSR count). The SMILES string of the molecule is COc1cccc(Cn2ccnc2CN(CC2CCCO2)C(=O)C2CCC2)c1. The number of hydrogen-bond donors (Lipinski definition) is 0. The van der Waals surface area contributed by atoms with Crippen LogP contribution in [0.5, 0.6) is 5.75 Å². The normalized spacial score (nSPS) is 19.4. The standard InChI is InChI=1S/C22H29N3O3/c1-27-19-8-2-5-17(13-19)14-24-11-10-23-21(24)16-25(15-20-9-4-12-28-20)22(26)18-6-3-7-18/h2,5,8,10-11,13,18,20H,3-4,6-7,9,12,14-16H2,1H3. The molecule has 1 saturated carbocycles. The molecule has 2 aromatic rings. The molecule has 1 aromatic heterocycles. The van der Waals surface area contributed by atoms with Crippen LogP contribution in [-0.2, 0) is 22.6 Å². The minimum absolute atomic E-state index is 0.158. The van der Waals surface area contributed by atoms with Gasteiger partial charge in [-0.1, -0.05) is 18.6 Å². The lowest BCUT2D eigenvalue weighted by molar-refractivity contribution is -0.140. The summed E-state index contributed by atoms with van der Waals surface area (Å²) in [6.45, 7) is 2.71. The van der Waals surface area contributed by atoms with E-state index in [2.05, 4.69) is 15.6 Å². The van der Waals surface area contributed by atoms with Crippen LogP contribution in [-0.4, -0.2) is 46.7 Å². The van der Waals surface area contributed by atoms with E-state index >= 15 is 0 Å². The van der Waals surface area contributed by atoms with Crippen molar-refractivity contribution in [2.24, 2.45) is 5.92 Å². The van der Waals surface area contributed by atoms with Crippen LogP contribution in [0.4, 0.5) is 0 Å². The average molecular weight is 383 g/mol. The summed E-state index contributed by atoms with van der Waals surface area (Å²) in [6, 6.07) is 8.05. The molecular formula is C22H29N3O3. The Labute approximate surface area is 166 Å². The molecule has 0 spiro atoms. The molecule has 1 saturated heterocycles. The fraction of sp³-hybridized carbons (Fsp3) is 0.545. The first-order chi connectivity index (χ1) is 13.7. The van der Waals surface area contributed by atoms with Gasteiger partial charge in [-0.15, -0.1) is 0 Å². The van der Waals surface area contributed by atoms with E-state index in [0.717, 1.165) is 55.8 Å². The van der Waals surface area contributed by atoms with Crippen LogP contribution in [0.2, 0.25) is 0 Å². The van der Waals surface area contributed by atoms with Crippen LogP contribution in [0, 0.1) is 5.92 Å². The van der Waals surface area contributed by atoms with E-state index in [1.54, 1.807) is 7.11 Å². The quantitative estimate of drug-likeness (QED) is 0.702. The van der Waals surface area contributed by atoms with Crippen molar-refractivity contribution in [1.29, 1.82) is 0 Å². The smallest absolute Gasteiger partial charge is 0.226 e. The van der Waals surface area contributed by atoms with E-state index in [0.29, 0.717) is 19.6 Å². The molecule has 28 heavy (non-hydrogen) atoms. The second-order valence-electron chi connectivity index (χ2n) is 7.80. The topological polar surface area (TPSA) is 56.6 Å². The van der Waals surface area contributed by atoms with Crippen molar-refractivity contribution < 1.29 is 14.3 Å². The summed E-state index contributed by atoms with van der Waals surface area (Å²) in [5, 5.41) is 0. The molecule has 2 heterocycles. The number of nitrogens with zero attached hydrogens (tertiary/aromatic N) is 3. The molecule has 0 N–H and O–H groups in total. The van der Waals surface area contributed by atoms with Gasteiger partial charge in [0, 0.05) is 38.0 Å². The molecule has 2 aliphatic rings. The summed E-state index contributed by atoms with van der Waals surface area (Å²) < 4.78 is 13.2. The van der Waals surface area contributed by atoms with Gasteiger partial charge in [0.2, 0.25) is 5.91 Å². The highest BCUT2D eigenvalue weighted by molar-refractivity contribution is 5.79. The first-order valence-corrected chi connectivity index (χ1v) is 10.3. The van der Waals surface area contributed by atoms with E-state index in [9.17, 15) is 4.79 Å². The number of carbonyl (C=O) groups excluding carboxylic acids is 1. The lowest BCUT2D eigenvalue weighted by Gasteiger charge is -2.33. The average Bonchev–Trinajstić information content (AvgIpc) is 3.32. The minimum Gasteiger partial charge on any atom is -0.497 e. The van der Waals surface area contributed by atoms with Gasteiger partial charge in [0.15, 0.2) is 0 Å². The van der Waals surface area contributed by atoms with Gasteiger partial charge >= 0.3 is 0 Å². The Morgan fingerprint density at radius 3 is 2.93 bits per heavy atom. The van der Waals surface area contributed by atoms with Gasteiger partial charge in [-0.05, 0) is 43.4 Å². The number of methoxy groups -OCH3 is 1. The molecule has 6 heteroatoms. The zero-order valence-electron chi connectivity index (χ0n) is 16.5. The van der Waals surface area contributed by atoms with Crippen molar-refractivity contribution >= 4 is 5.91 Å². The van der Waals surface area contributed by atoms with Crippen molar-refractivity contribution in [3.05, 3.63) is 48.0 Å². The molecule has 6 nitrogen and oxygen atoms in total. The van der Waals surface area contributed by atoms with E-state index in [1.807, 2.05) is 35.5 Å². The summed E-state index contributed by atoms with van der Waals surface area (Å²) in [6.07, 6.45) is 9.26. The van der Waals surface area contributed by atoms with Crippen molar-refractivity contribution in [1.82, 2.24) is 14.5 Å². The third-order valence-corrected chi connectivity index (χ3v) is 5.84. The predicted molar refractivity (Wildman–Crippen MR) is 106 cm³/mol. The van der Waals surface area contributed by atoms with E-state index in [-0.39, 0.29) is 17.9 Å². The second-order valence-corrected chi connectivity index (χ2v) is 7.80. The van der Waals surface area contributed by atoms with Gasteiger partial charge in [-0.25, -0.2) is 4.98 Å². The molecular weight excluding hydrogens is 354 g/mol. The van der Waals surface area contributed by atoms with Crippen LogP contribution in [0.1, 0.15) is 43.5 Å². The molecule has 150 valence electrons. The van der Waals surface area contributed by atoms with Gasteiger partial charge in [0.05, 0.1) is 19.8 Å². The zero-order chi connectivity index (χ0) is 19.3. The number of amides is 1. The maximum atomic E-state index is 13.0. The Bertz CT molecular complexity index is 794. The number of imidazole rings is 1. The highest BCUT2D eigenvalue weighted by Gasteiger charge is 2.32. The van der Waals surface area contributed by atoms with Crippen molar-refractivity contribution in [3.8, 4) is 5.75 Å². The number of hydrogen-bond acceptors (Lipinski definition) is 4. The van der Waals surface area contributed by atoms with Gasteiger partial charge in [0.1, 0.15) is 11.6 Å². The van der Waals surface area contributed by atoms with Gasteiger partial charge in [0.25, 0.3) is 0 Å². The van der Waals surface area contributed by atoms with Crippen molar-refractivity contribution in [2.45, 2.75) is 51.3 Å². The summed E-state index contributed by atoms with van der Waals surface area (Å²) in [4.78, 5) is 19.5. The molecule has 2 fully saturated rings. The van der Waals surface area contributed by atoms with E-state index in [4.69, 9.17) is 9.47 Å². The third-order valence-electron chi connectivity index (χ3n) is 5.84. The maximum Gasteiger partial charge on any atom is 0.226 e. The number of aromatic nitrogens is 2. The lowest BCUT2D eigenvalue weighted by atomic mass is 9.84. The monoisotopic (exact) mass is 383 g/mol. The Hall–Kier alpha value is -2.34. The first kappa shape index (κ1) is 19.0. The minimum atomic E-state index is 0.158. The number of ether oxygens (including phenoxy) is 2. The van der Waals surface area contributed by atoms with Crippen LogP contribution in [0.15, 0.2) is 36.7 Å². The first-order valence-electron chi connectivity index (χ1n) is 10.3. The van der Waals surface area contributed by atoms with Crippen LogP contribution < -0.4 is 4.74 Å². The predicted octanol–water partition coefficient (Wildman–Crippen LogP) is 3.25. The van der Waals surface area contributed by atoms with Crippen LogP contribution >= 0.6 is 0 Å². The summed E-state index contributed by atoms with van der Waals surface area (Å²) in [7, 11) is 1.68. The van der Waals surface area contributed by atoms with Gasteiger partial charge in [-0.2, -0.15) is 0 Å². The third kappa shape index (κ3) is 4.38. The molecule has 1 aliphatic heterocycles. The molecule has 0 radical (unpaired) electrons. The Balaban J connectivity index is 1.48. The Morgan fingerprint density at radius 2 is 2.21 bits per heavy atom. The molecule has 1 atom stereocenters. The van der Waals surface area contributed by atoms with Crippen LogP contribution in [0.25, 0.3) is 0 Å². The van der Waals surface area contributed by atoms with E-state index < -0.39 is 0 Å². The van der Waals surface area contributed by atoms with E-state index in [1.165, 1.54) is 0 Å². The highest BCUT2D eigenvalue weighted by Crippen LogP contribution is 2.29. The summed E-state index contributed by atoms with van der Waals surface area (Å²) >= 11 is 0. The fourth-order valence-corrected chi connectivity index (χ4v) is 3.95.